The summed E-state index contributed by atoms with van der Waals surface area (Å²) in [6, 6.07) is 7.97. The van der Waals surface area contributed by atoms with Crippen LogP contribution in [0.5, 0.6) is 5.75 Å². The van der Waals surface area contributed by atoms with Crippen LogP contribution in [0, 0.1) is 15.9 Å². The molecule has 12 nitrogen and oxygen atoms in total. The number of nitrogens with one attached hydrogen (secondary N) is 1. The number of aromatic nitrogens is 2. The van der Waals surface area contributed by atoms with E-state index in [1.165, 1.54) is 44.7 Å². The molecular weight excluding hydrogens is 455 g/mol. The molecule has 0 saturated heterocycles. The average molecular weight is 472 g/mol. The molecule has 1 heterocycles. The van der Waals surface area contributed by atoms with E-state index in [0.717, 1.165) is 22.9 Å². The van der Waals surface area contributed by atoms with Gasteiger partial charge >= 0.3 is 17.6 Å². The third-order valence-electron chi connectivity index (χ3n) is 4.38. The van der Waals surface area contributed by atoms with Crippen LogP contribution in [0.1, 0.15) is 31.2 Å². The van der Waals surface area contributed by atoms with E-state index in [9.17, 15) is 28.9 Å². The third-order valence-corrected chi connectivity index (χ3v) is 4.38. The molecule has 34 heavy (non-hydrogen) atoms. The van der Waals surface area contributed by atoms with Crippen molar-refractivity contribution in [2.24, 2.45) is 0 Å². The van der Waals surface area contributed by atoms with Crippen molar-refractivity contribution in [2.75, 3.05) is 19.5 Å². The zero-order valence-corrected chi connectivity index (χ0v) is 17.8. The summed E-state index contributed by atoms with van der Waals surface area (Å²) in [5.41, 5.74) is -0.374. The van der Waals surface area contributed by atoms with E-state index < -0.39 is 34.3 Å². The predicted octanol–water partition coefficient (Wildman–Crippen LogP) is 2.79. The lowest BCUT2D eigenvalue weighted by molar-refractivity contribution is -0.386. The SMILES string of the molecule is COC(=O)c1cc(NC(=O)c2ccn(COc3cc(F)ccc3[N+](=O)[O-])n2)cc(C(=O)OC)c1. The first-order valence-electron chi connectivity index (χ1n) is 9.45. The van der Waals surface area contributed by atoms with Gasteiger partial charge in [0.05, 0.1) is 30.3 Å². The van der Waals surface area contributed by atoms with E-state index >= 15 is 0 Å². The van der Waals surface area contributed by atoms with Gasteiger partial charge < -0.3 is 19.5 Å². The molecule has 3 aromatic rings. The minimum absolute atomic E-state index is 0.0105. The maximum Gasteiger partial charge on any atom is 0.337 e. The van der Waals surface area contributed by atoms with Gasteiger partial charge in [0.1, 0.15) is 5.82 Å². The van der Waals surface area contributed by atoms with E-state index in [1.54, 1.807) is 0 Å². The van der Waals surface area contributed by atoms with E-state index in [0.29, 0.717) is 0 Å². The van der Waals surface area contributed by atoms with Gasteiger partial charge in [-0.2, -0.15) is 5.10 Å². The van der Waals surface area contributed by atoms with Crippen molar-refractivity contribution in [2.45, 2.75) is 6.73 Å². The average Bonchev–Trinajstić information content (AvgIpc) is 3.30. The van der Waals surface area contributed by atoms with E-state index in [1.807, 2.05) is 0 Å². The molecule has 0 aliphatic rings. The summed E-state index contributed by atoms with van der Waals surface area (Å²) in [7, 11) is 2.33. The summed E-state index contributed by atoms with van der Waals surface area (Å²) in [6.07, 6.45) is 1.37. The maximum atomic E-state index is 13.4. The Morgan fingerprint density at radius 1 is 1.06 bits per heavy atom. The number of nitro benzene ring substituents is 1. The minimum atomic E-state index is -0.728. The quantitative estimate of drug-likeness (QED) is 0.296. The Bertz CT molecular complexity index is 1240. The number of nitrogens with zero attached hydrogens (tertiary/aromatic N) is 3. The second-order valence-corrected chi connectivity index (χ2v) is 6.62. The number of hydrogen-bond donors (Lipinski definition) is 1. The van der Waals surface area contributed by atoms with Crippen LogP contribution >= 0.6 is 0 Å². The Kier molecular flexibility index (Phi) is 7.16. The molecule has 1 N–H and O–H groups in total. The van der Waals surface area contributed by atoms with Gasteiger partial charge in [0.25, 0.3) is 5.91 Å². The fourth-order valence-corrected chi connectivity index (χ4v) is 2.81. The number of anilines is 1. The largest absolute Gasteiger partial charge is 0.465 e. The lowest BCUT2D eigenvalue weighted by Crippen LogP contribution is -2.16. The molecule has 0 radical (unpaired) electrons. The molecule has 176 valence electrons. The van der Waals surface area contributed by atoms with Crippen LogP contribution in [-0.4, -0.2) is 46.8 Å². The van der Waals surface area contributed by atoms with Gasteiger partial charge in [0.2, 0.25) is 5.75 Å². The fourth-order valence-electron chi connectivity index (χ4n) is 2.81. The van der Waals surface area contributed by atoms with Crippen LogP contribution in [0.2, 0.25) is 0 Å². The topological polar surface area (TPSA) is 152 Å². The summed E-state index contributed by atoms with van der Waals surface area (Å²) in [6.45, 7) is -0.345. The summed E-state index contributed by atoms with van der Waals surface area (Å²) < 4.78 is 29.1. The molecular formula is C21H17FN4O8. The molecule has 0 fully saturated rings. The molecule has 1 amide bonds. The van der Waals surface area contributed by atoms with E-state index in [4.69, 9.17) is 4.74 Å². The smallest absolute Gasteiger partial charge is 0.337 e. The lowest BCUT2D eigenvalue weighted by atomic mass is 10.1. The molecule has 0 spiro atoms. The van der Waals surface area contributed by atoms with Gasteiger partial charge in [-0.05, 0) is 30.3 Å². The predicted molar refractivity (Wildman–Crippen MR) is 113 cm³/mol. The number of benzene rings is 2. The van der Waals surface area contributed by atoms with Gasteiger partial charge in [-0.3, -0.25) is 14.9 Å². The Morgan fingerprint density at radius 2 is 1.71 bits per heavy atom. The zero-order valence-electron chi connectivity index (χ0n) is 17.8. The summed E-state index contributed by atoms with van der Waals surface area (Å²) in [5.74, 6) is -3.17. The first-order valence-corrected chi connectivity index (χ1v) is 9.45. The Balaban J connectivity index is 1.75. The second kappa shape index (κ2) is 10.2. The van der Waals surface area contributed by atoms with Gasteiger partial charge in [-0.25, -0.2) is 18.7 Å². The molecule has 0 aliphatic heterocycles. The van der Waals surface area contributed by atoms with Crippen LogP contribution in [-0.2, 0) is 16.2 Å². The summed E-state index contributed by atoms with van der Waals surface area (Å²) in [4.78, 5) is 46.7. The van der Waals surface area contributed by atoms with Crippen LogP contribution in [0.4, 0.5) is 15.8 Å². The first-order chi connectivity index (χ1) is 16.2. The number of methoxy groups -OCH3 is 2. The van der Waals surface area contributed by atoms with E-state index in [-0.39, 0.29) is 35.0 Å². The number of rotatable bonds is 8. The molecule has 0 unspecified atom stereocenters. The number of esters is 2. The van der Waals surface area contributed by atoms with Crippen molar-refractivity contribution >= 4 is 29.2 Å². The summed E-state index contributed by atoms with van der Waals surface area (Å²) >= 11 is 0. The molecule has 3 rings (SSSR count). The zero-order chi connectivity index (χ0) is 24.8. The molecule has 2 aromatic carbocycles. The number of halogens is 1. The Labute approximate surface area is 191 Å². The highest BCUT2D eigenvalue weighted by Crippen LogP contribution is 2.27. The van der Waals surface area contributed by atoms with Crippen LogP contribution < -0.4 is 10.1 Å². The van der Waals surface area contributed by atoms with Crippen LogP contribution in [0.15, 0.2) is 48.7 Å². The summed E-state index contributed by atoms with van der Waals surface area (Å²) in [5, 5.41) is 17.6. The highest BCUT2D eigenvalue weighted by Gasteiger charge is 2.18. The molecule has 0 atom stereocenters. The number of hydrogen-bond acceptors (Lipinski definition) is 9. The van der Waals surface area contributed by atoms with Crippen molar-refractivity contribution in [3.63, 3.8) is 0 Å². The van der Waals surface area contributed by atoms with Crippen molar-refractivity contribution in [1.29, 1.82) is 0 Å². The standard InChI is InChI=1S/C21H17FN4O8/c1-32-20(28)12-7-13(21(29)33-2)9-15(8-12)23-19(27)16-5-6-25(24-16)11-34-18-10-14(22)3-4-17(18)26(30)31/h3-10H,11H2,1-2H3,(H,23,27). The van der Waals surface area contributed by atoms with Crippen molar-refractivity contribution < 1.29 is 37.9 Å². The van der Waals surface area contributed by atoms with Crippen molar-refractivity contribution in [3.8, 4) is 5.75 Å². The van der Waals surface area contributed by atoms with E-state index in [2.05, 4.69) is 19.9 Å². The highest BCUT2D eigenvalue weighted by atomic mass is 19.1. The lowest BCUT2D eigenvalue weighted by Gasteiger charge is -2.09. The van der Waals surface area contributed by atoms with Crippen LogP contribution in [0.3, 0.4) is 0 Å². The maximum absolute atomic E-state index is 13.4. The Hall–Kier alpha value is -4.81. The first kappa shape index (κ1) is 23.8. The highest BCUT2D eigenvalue weighted by molar-refractivity contribution is 6.04. The van der Waals surface area contributed by atoms with Gasteiger partial charge in [-0.1, -0.05) is 0 Å². The minimum Gasteiger partial charge on any atom is -0.465 e. The molecule has 0 aliphatic carbocycles. The second-order valence-electron chi connectivity index (χ2n) is 6.62. The Morgan fingerprint density at radius 3 is 2.29 bits per heavy atom. The number of ether oxygens (including phenoxy) is 3. The number of carbonyl (C=O) groups excluding carboxylic acids is 3. The number of carbonyl (C=O) groups is 3. The van der Waals surface area contributed by atoms with Gasteiger partial charge in [0.15, 0.2) is 12.4 Å². The monoisotopic (exact) mass is 472 g/mol. The molecule has 0 bridgehead atoms. The molecule has 1 aromatic heterocycles. The van der Waals surface area contributed by atoms with Crippen LogP contribution in [0.25, 0.3) is 0 Å². The molecule has 13 heteroatoms. The van der Waals surface area contributed by atoms with Gasteiger partial charge in [-0.15, -0.1) is 0 Å². The third kappa shape index (κ3) is 5.51. The number of amides is 1. The normalized spacial score (nSPS) is 10.3. The van der Waals surface area contributed by atoms with Crippen molar-refractivity contribution in [3.05, 3.63) is 81.4 Å². The number of nitro groups is 1. The molecule has 0 saturated carbocycles. The fraction of sp³-hybridized carbons (Fsp3) is 0.143. The van der Waals surface area contributed by atoms with Gasteiger partial charge in [0, 0.05) is 24.0 Å². The van der Waals surface area contributed by atoms with Crippen molar-refractivity contribution in [1.82, 2.24) is 9.78 Å².